The van der Waals surface area contributed by atoms with Gasteiger partial charge in [0, 0.05) is 34.3 Å². The minimum absolute atomic E-state index is 0.326. The molecule has 2 aromatic carbocycles. The number of amides is 1. The van der Waals surface area contributed by atoms with Crippen molar-refractivity contribution in [3.63, 3.8) is 0 Å². The van der Waals surface area contributed by atoms with Crippen LogP contribution in [-0.2, 0) is 4.79 Å². The summed E-state index contributed by atoms with van der Waals surface area (Å²) in [5.74, 6) is 1.23. The lowest BCUT2D eigenvalue weighted by Crippen LogP contribution is -2.48. The van der Waals surface area contributed by atoms with Crippen LogP contribution in [0.2, 0.25) is 5.02 Å². The van der Waals surface area contributed by atoms with Crippen LogP contribution in [0.1, 0.15) is 42.9 Å². The minimum atomic E-state index is -0.891. The molecule has 0 aliphatic carbocycles. The predicted molar refractivity (Wildman–Crippen MR) is 147 cm³/mol. The van der Waals surface area contributed by atoms with Crippen LogP contribution in [0.5, 0.6) is 5.75 Å². The van der Waals surface area contributed by atoms with E-state index in [1.807, 2.05) is 35.4 Å². The highest BCUT2D eigenvalue weighted by atomic mass is 35.5. The number of halogens is 1. The number of aromatic nitrogens is 1. The molecule has 1 aliphatic rings. The molecule has 7 nitrogen and oxygen atoms in total. The van der Waals surface area contributed by atoms with Gasteiger partial charge >= 0.3 is 0 Å². The van der Waals surface area contributed by atoms with Crippen molar-refractivity contribution in [2.45, 2.75) is 43.6 Å². The van der Waals surface area contributed by atoms with Crippen molar-refractivity contribution in [2.24, 2.45) is 5.41 Å². The van der Waals surface area contributed by atoms with E-state index in [4.69, 9.17) is 16.3 Å². The number of ether oxygens (including phenoxy) is 1. The highest BCUT2D eigenvalue weighted by molar-refractivity contribution is 7.99. The zero-order valence-electron chi connectivity index (χ0n) is 21.2. The van der Waals surface area contributed by atoms with Gasteiger partial charge in [-0.2, -0.15) is 0 Å². The molecule has 1 fully saturated rings. The molecule has 0 bridgehead atoms. The normalized spacial score (nSPS) is 16.5. The molecule has 9 heteroatoms. The van der Waals surface area contributed by atoms with Crippen molar-refractivity contribution in [3.05, 3.63) is 64.8 Å². The van der Waals surface area contributed by atoms with Gasteiger partial charge < -0.3 is 14.7 Å². The lowest BCUT2D eigenvalue weighted by atomic mass is 9.73. The summed E-state index contributed by atoms with van der Waals surface area (Å²) >= 11 is 8.30. The molecule has 3 N–H and O–H groups in total. The summed E-state index contributed by atoms with van der Waals surface area (Å²) in [4.78, 5) is 20.8. The Morgan fingerprint density at radius 2 is 1.97 bits per heavy atom. The number of hydroxylamine groups is 1. The first-order valence-corrected chi connectivity index (χ1v) is 13.9. The number of aryl methyl sites for hydroxylation is 1. The molecule has 4 rings (SSSR count). The van der Waals surface area contributed by atoms with E-state index in [9.17, 15) is 15.1 Å². The Labute approximate surface area is 227 Å². The fourth-order valence-electron chi connectivity index (χ4n) is 5.03. The highest BCUT2D eigenvalue weighted by Crippen LogP contribution is 2.41. The summed E-state index contributed by atoms with van der Waals surface area (Å²) in [6.07, 6.45) is 2.62. The third-order valence-electron chi connectivity index (χ3n) is 7.39. The fraction of sp³-hybridized carbons (Fsp3) is 0.429. The molecule has 0 radical (unpaired) electrons. The van der Waals surface area contributed by atoms with Crippen molar-refractivity contribution >= 4 is 40.2 Å². The van der Waals surface area contributed by atoms with Gasteiger partial charge in [-0.1, -0.05) is 29.3 Å². The molecule has 1 aromatic heterocycles. The zero-order chi connectivity index (χ0) is 26.4. The van der Waals surface area contributed by atoms with Gasteiger partial charge in [-0.3, -0.25) is 15.0 Å². The Hall–Kier alpha value is -2.36. The Balaban J connectivity index is 1.39. The van der Waals surface area contributed by atoms with Gasteiger partial charge in [0.1, 0.15) is 5.75 Å². The van der Waals surface area contributed by atoms with E-state index in [1.54, 1.807) is 7.11 Å². The SMILES string of the molecule is COc1ccc2ncc(Cl)c([C@H](O)CCC3(C(=O)NO)CCN(CCSc4ccc(C)cc4)CC3)c2c1. The number of hydrogen-bond acceptors (Lipinski definition) is 7. The van der Waals surface area contributed by atoms with Crippen LogP contribution < -0.4 is 10.2 Å². The van der Waals surface area contributed by atoms with Gasteiger partial charge in [0.25, 0.3) is 0 Å². The smallest absolute Gasteiger partial charge is 0.249 e. The number of fused-ring (bicyclic) bond motifs is 1. The first kappa shape index (κ1) is 27.7. The third-order valence-corrected chi connectivity index (χ3v) is 8.68. The summed E-state index contributed by atoms with van der Waals surface area (Å²) in [5, 5.41) is 21.8. The number of hydrogen-bond donors (Lipinski definition) is 3. The molecule has 3 aromatic rings. The molecular formula is C28H34ClN3O4S. The molecule has 0 unspecified atom stereocenters. The van der Waals surface area contributed by atoms with Crippen LogP contribution in [0.15, 0.2) is 53.6 Å². The van der Waals surface area contributed by atoms with Gasteiger partial charge in [-0.25, -0.2) is 5.48 Å². The van der Waals surface area contributed by atoms with E-state index < -0.39 is 11.5 Å². The van der Waals surface area contributed by atoms with E-state index in [2.05, 4.69) is 41.1 Å². The van der Waals surface area contributed by atoms with Crippen LogP contribution in [0, 0.1) is 12.3 Å². The summed E-state index contributed by atoms with van der Waals surface area (Å²) < 4.78 is 5.34. The lowest BCUT2D eigenvalue weighted by molar-refractivity contribution is -0.143. The summed E-state index contributed by atoms with van der Waals surface area (Å²) in [6.45, 7) is 4.53. The number of benzene rings is 2. The summed E-state index contributed by atoms with van der Waals surface area (Å²) in [6, 6.07) is 14.0. The molecular weight excluding hydrogens is 510 g/mol. The fourth-order valence-corrected chi connectivity index (χ4v) is 6.22. The monoisotopic (exact) mass is 543 g/mol. The number of aliphatic hydroxyl groups excluding tert-OH is 1. The second-order valence-electron chi connectivity index (χ2n) is 9.68. The van der Waals surface area contributed by atoms with E-state index in [0.29, 0.717) is 47.5 Å². The molecule has 1 aliphatic heterocycles. The minimum Gasteiger partial charge on any atom is -0.497 e. The van der Waals surface area contributed by atoms with Crippen molar-refractivity contribution < 1.29 is 19.8 Å². The highest BCUT2D eigenvalue weighted by Gasteiger charge is 2.41. The largest absolute Gasteiger partial charge is 0.497 e. The maximum absolute atomic E-state index is 12.8. The van der Waals surface area contributed by atoms with Gasteiger partial charge in [-0.05, 0) is 76.0 Å². The number of aliphatic hydroxyl groups is 1. The Kier molecular flexibility index (Phi) is 9.31. The summed E-state index contributed by atoms with van der Waals surface area (Å²) in [5.41, 5.74) is 3.68. The Bertz CT molecular complexity index is 1220. The molecule has 1 saturated heterocycles. The maximum atomic E-state index is 12.8. The average molecular weight is 544 g/mol. The average Bonchev–Trinajstić information content (AvgIpc) is 2.92. The Morgan fingerprint density at radius 3 is 2.65 bits per heavy atom. The van der Waals surface area contributed by atoms with Gasteiger partial charge in [0.15, 0.2) is 0 Å². The molecule has 37 heavy (non-hydrogen) atoms. The van der Waals surface area contributed by atoms with Gasteiger partial charge in [0.2, 0.25) is 5.91 Å². The van der Waals surface area contributed by atoms with Crippen molar-refractivity contribution in [2.75, 3.05) is 32.5 Å². The molecule has 0 saturated carbocycles. The number of nitrogens with one attached hydrogen (secondary N) is 1. The topological polar surface area (TPSA) is 94.9 Å². The maximum Gasteiger partial charge on any atom is 0.249 e. The number of carbonyl (C=O) groups excluding carboxylic acids is 1. The Morgan fingerprint density at radius 1 is 1.24 bits per heavy atom. The van der Waals surface area contributed by atoms with E-state index in [1.165, 1.54) is 16.7 Å². The standard InChI is InChI=1S/C28H34ClN3O4S/c1-19-3-6-21(7-4-19)37-16-15-32-13-11-28(12-14-32,27(34)31-35)10-9-25(33)26-22-17-20(36-2)5-8-24(22)30-18-23(26)29/h3-8,17-18,25,33,35H,9-16H2,1-2H3,(H,31,34)/t25-/m1/s1. The van der Waals surface area contributed by atoms with E-state index in [0.717, 1.165) is 30.8 Å². The molecule has 0 spiro atoms. The predicted octanol–water partition coefficient (Wildman–Crippen LogP) is 5.40. The number of piperidine rings is 1. The first-order chi connectivity index (χ1) is 17.8. The second kappa shape index (κ2) is 12.5. The number of likely N-dealkylation sites (tertiary alicyclic amines) is 1. The molecule has 198 valence electrons. The van der Waals surface area contributed by atoms with E-state index in [-0.39, 0.29) is 5.91 Å². The van der Waals surface area contributed by atoms with E-state index >= 15 is 0 Å². The number of rotatable bonds is 10. The van der Waals surface area contributed by atoms with Crippen molar-refractivity contribution in [1.29, 1.82) is 0 Å². The third kappa shape index (κ3) is 6.56. The first-order valence-electron chi connectivity index (χ1n) is 12.5. The van der Waals surface area contributed by atoms with Gasteiger partial charge in [-0.15, -0.1) is 11.8 Å². The van der Waals surface area contributed by atoms with Crippen LogP contribution >= 0.6 is 23.4 Å². The van der Waals surface area contributed by atoms with Crippen LogP contribution in [0.4, 0.5) is 0 Å². The zero-order valence-corrected chi connectivity index (χ0v) is 22.8. The lowest BCUT2D eigenvalue weighted by Gasteiger charge is -2.40. The second-order valence-corrected chi connectivity index (χ2v) is 11.3. The number of carbonyl (C=O) groups is 1. The van der Waals surface area contributed by atoms with Crippen LogP contribution in [0.3, 0.4) is 0 Å². The van der Waals surface area contributed by atoms with Crippen molar-refractivity contribution in [3.8, 4) is 5.75 Å². The number of pyridine rings is 1. The number of nitrogens with zero attached hydrogens (tertiary/aromatic N) is 2. The van der Waals surface area contributed by atoms with Crippen LogP contribution in [0.25, 0.3) is 10.9 Å². The number of methoxy groups -OCH3 is 1. The number of thioether (sulfide) groups is 1. The molecule has 1 atom stereocenters. The van der Waals surface area contributed by atoms with Crippen LogP contribution in [-0.4, -0.2) is 58.6 Å². The quantitative estimate of drug-likeness (QED) is 0.179. The van der Waals surface area contributed by atoms with Crippen molar-refractivity contribution in [1.82, 2.24) is 15.4 Å². The van der Waals surface area contributed by atoms with Gasteiger partial charge in [0.05, 0.1) is 29.2 Å². The summed E-state index contributed by atoms with van der Waals surface area (Å²) in [7, 11) is 1.58. The molecule has 1 amide bonds. The molecule has 2 heterocycles.